The monoisotopic (exact) mass is 1390 g/mol. The van der Waals surface area contributed by atoms with E-state index < -0.39 is 5.41 Å². The summed E-state index contributed by atoms with van der Waals surface area (Å²) < 4.78 is 42.8. The number of nitrogens with one attached hydrogen (secondary N) is 2. The number of methoxy groups -OCH3 is 9. The molecule has 0 aliphatic carbocycles. The zero-order chi connectivity index (χ0) is 76.2. The lowest BCUT2D eigenvalue weighted by Crippen LogP contribution is -2.35. The number of carbonyl (C=O) groups is 7. The number of aryl methyl sites for hydroxylation is 1. The van der Waals surface area contributed by atoms with Gasteiger partial charge in [-0.25, -0.2) is 0 Å². The number of hydrogen-bond acceptors (Lipinski definition) is 24. The van der Waals surface area contributed by atoms with Gasteiger partial charge in [-0.15, -0.1) is 0 Å². The van der Waals surface area contributed by atoms with E-state index in [2.05, 4.69) is 91.2 Å². The summed E-state index contributed by atoms with van der Waals surface area (Å²) in [7, 11) is 33.7. The Morgan fingerprint density at radius 3 is 1.35 bits per heavy atom. The highest BCUT2D eigenvalue weighted by molar-refractivity contribution is 5.82. The third-order valence-electron chi connectivity index (χ3n) is 14.7. The molecule has 0 fully saturated rings. The first-order valence-electron chi connectivity index (χ1n) is 34.6. The molecule has 0 aromatic heterocycles. The van der Waals surface area contributed by atoms with Crippen LogP contribution in [-0.4, -0.2) is 290 Å². The molecule has 0 radical (unpaired) electrons. The summed E-state index contributed by atoms with van der Waals surface area (Å²) in [6.07, 6.45) is 14.7. The van der Waals surface area contributed by atoms with Crippen molar-refractivity contribution >= 4 is 41.2 Å². The molecular weight excluding hydrogens is 1250 g/mol. The van der Waals surface area contributed by atoms with E-state index in [0.717, 1.165) is 76.0 Å². The Morgan fingerprint density at radius 1 is 0.526 bits per heavy atom. The number of carbonyl (C=O) groups excluding carboxylic acids is 7. The molecule has 1 aromatic carbocycles. The van der Waals surface area contributed by atoms with Crippen molar-refractivity contribution in [2.45, 2.75) is 177 Å². The van der Waals surface area contributed by atoms with Gasteiger partial charge in [0.2, 0.25) is 0 Å². The Hall–Kier alpha value is -4.73. The van der Waals surface area contributed by atoms with E-state index in [-0.39, 0.29) is 72.3 Å². The molecule has 0 spiro atoms. The minimum absolute atomic E-state index is 0.0573. The summed E-state index contributed by atoms with van der Waals surface area (Å²) in [6, 6.07) is 5.96. The molecule has 0 heterocycles. The van der Waals surface area contributed by atoms with Crippen LogP contribution in [0.4, 0.5) is 0 Å². The first-order chi connectivity index (χ1) is 45.8. The Labute approximate surface area is 591 Å². The Balaban J connectivity index is -0.000000192. The minimum Gasteiger partial charge on any atom is -0.497 e. The first-order valence-corrected chi connectivity index (χ1v) is 34.6. The molecule has 24 heteroatoms. The number of ketones is 3. The summed E-state index contributed by atoms with van der Waals surface area (Å²) in [5.41, 5.74) is 0.745. The number of ether oxygens (including phenoxy) is 9. The van der Waals surface area contributed by atoms with Crippen molar-refractivity contribution < 1.29 is 81.3 Å². The van der Waals surface area contributed by atoms with Crippen LogP contribution in [0, 0.1) is 17.3 Å². The first kappa shape index (κ1) is 106. The van der Waals surface area contributed by atoms with E-state index in [9.17, 15) is 33.6 Å². The average molecular weight is 1400 g/mol. The van der Waals surface area contributed by atoms with Crippen molar-refractivity contribution in [2.75, 3.05) is 207 Å². The molecule has 0 saturated heterocycles. The van der Waals surface area contributed by atoms with Crippen LogP contribution in [0.3, 0.4) is 0 Å². The number of benzene rings is 1. The zero-order valence-corrected chi connectivity index (χ0v) is 66.6. The molecule has 576 valence electrons. The van der Waals surface area contributed by atoms with Gasteiger partial charge in [-0.1, -0.05) is 47.5 Å². The van der Waals surface area contributed by atoms with Gasteiger partial charge in [0.05, 0.1) is 98.3 Å². The molecule has 1 rings (SSSR count). The van der Waals surface area contributed by atoms with Crippen molar-refractivity contribution in [1.29, 1.82) is 0 Å². The highest BCUT2D eigenvalue weighted by Crippen LogP contribution is 2.23. The molecule has 0 bridgehead atoms. The van der Waals surface area contributed by atoms with E-state index in [1.54, 1.807) is 49.4 Å². The number of aliphatic hydroxyl groups excluding tert-OH is 1. The number of rotatable bonds is 45. The molecule has 4 atom stereocenters. The van der Waals surface area contributed by atoms with Gasteiger partial charge in [-0.2, -0.15) is 0 Å². The van der Waals surface area contributed by atoms with Crippen LogP contribution in [0.15, 0.2) is 18.2 Å². The predicted molar refractivity (Wildman–Crippen MR) is 394 cm³/mol. The molecular formula is C73H147N7O17. The number of Topliss-reactive ketones (excluding diaryl/α,β-unsaturated/α-hetero) is 3. The molecule has 24 nitrogen and oxygen atoms in total. The fourth-order valence-corrected chi connectivity index (χ4v) is 8.65. The van der Waals surface area contributed by atoms with E-state index in [4.69, 9.17) is 28.8 Å². The van der Waals surface area contributed by atoms with Crippen molar-refractivity contribution in [3.63, 3.8) is 0 Å². The summed E-state index contributed by atoms with van der Waals surface area (Å²) in [5.74, 6) is 0.602. The second-order valence-electron chi connectivity index (χ2n) is 24.8. The standard InChI is InChI=1S/C14H33N3.C10H14O2.C9H20N2O.C9H19NO.C9H16O4.C8H14O4.C8H16O3.C6H15NO2/c1-6-7-12-17(13-8-10-15(2)3)14-9-11-16(4)5;1-4-8-5-9(11-2)7-10(6-8)12-3;1-8(12)9(11-3)6-4-5-7-10-2;1-4-6-9(11)7-5-8-10(2)3;1-4-7(9(11)13-3)5-6-8(10)12-2;1-4-6(8(10)12-3)5-7(9)11-2;1-7(9)8(2,5-10-3)6-11-4;1-7(2)4-6(8)5-9-3/h6-14H2,1-5H3;5-7H,4H2,1-3H3;9-11H,4-7H2,1-3H3;4-8H2,1-3H3;7H,4-6H2,1-3H3;6H,4-5H2,1-3H3;5-6H2,1-4H3;6,8H,4-5H2,1-3H3. The number of hydrogen-bond donors (Lipinski definition) is 3. The Morgan fingerprint density at radius 2 is 1.00 bits per heavy atom. The molecule has 3 N–H and O–H groups in total. The quantitative estimate of drug-likeness (QED) is 0.0313. The van der Waals surface area contributed by atoms with Crippen molar-refractivity contribution in [1.82, 2.24) is 35.1 Å². The van der Waals surface area contributed by atoms with E-state index >= 15 is 0 Å². The normalized spacial score (nSPS) is 11.8. The minimum atomic E-state index is -0.483. The second kappa shape index (κ2) is 74.0. The van der Waals surface area contributed by atoms with Crippen LogP contribution in [-0.2, 0) is 73.1 Å². The van der Waals surface area contributed by atoms with Gasteiger partial charge in [-0.3, -0.25) is 33.6 Å². The maximum absolute atomic E-state index is 11.1. The second-order valence-corrected chi connectivity index (χ2v) is 24.8. The number of esters is 4. The van der Waals surface area contributed by atoms with Gasteiger partial charge in [0.1, 0.15) is 28.8 Å². The van der Waals surface area contributed by atoms with Gasteiger partial charge >= 0.3 is 23.9 Å². The van der Waals surface area contributed by atoms with Crippen molar-refractivity contribution in [3.8, 4) is 11.5 Å². The number of nitrogens with zero attached hydrogens (tertiary/aromatic N) is 5. The highest BCUT2D eigenvalue weighted by atomic mass is 16.5. The van der Waals surface area contributed by atoms with Gasteiger partial charge in [0.25, 0.3) is 0 Å². The van der Waals surface area contributed by atoms with Gasteiger partial charge in [-0.05, 0) is 225 Å². The lowest BCUT2D eigenvalue weighted by atomic mass is 9.88. The smallest absolute Gasteiger partial charge is 0.309 e. The summed E-state index contributed by atoms with van der Waals surface area (Å²) in [5, 5.41) is 15.1. The molecule has 0 aliphatic rings. The Kier molecular flexibility index (Phi) is 80.6. The maximum atomic E-state index is 11.1. The van der Waals surface area contributed by atoms with Gasteiger partial charge < -0.3 is 82.9 Å². The Bertz CT molecular complexity index is 1940. The summed E-state index contributed by atoms with van der Waals surface area (Å²) in [6.45, 7) is 25.3. The molecule has 0 saturated carbocycles. The van der Waals surface area contributed by atoms with Crippen LogP contribution >= 0.6 is 0 Å². The molecule has 1 aromatic rings. The van der Waals surface area contributed by atoms with Crippen molar-refractivity contribution in [2.24, 2.45) is 17.3 Å². The van der Waals surface area contributed by atoms with E-state index in [1.165, 1.54) is 92.4 Å². The molecule has 97 heavy (non-hydrogen) atoms. The molecule has 4 unspecified atom stereocenters. The highest BCUT2D eigenvalue weighted by Gasteiger charge is 2.29. The van der Waals surface area contributed by atoms with E-state index in [0.29, 0.717) is 51.4 Å². The fourth-order valence-electron chi connectivity index (χ4n) is 8.65. The van der Waals surface area contributed by atoms with Crippen LogP contribution in [0.1, 0.15) is 164 Å². The molecule has 0 amide bonds. The maximum Gasteiger partial charge on any atom is 0.309 e. The average Bonchev–Trinajstić information content (AvgIpc) is 1.11. The molecule has 0 aliphatic heterocycles. The van der Waals surface area contributed by atoms with Gasteiger partial charge in [0.15, 0.2) is 0 Å². The van der Waals surface area contributed by atoms with E-state index in [1.807, 2.05) is 93.1 Å². The van der Waals surface area contributed by atoms with Crippen LogP contribution in [0.2, 0.25) is 0 Å². The largest absolute Gasteiger partial charge is 0.497 e. The third-order valence-corrected chi connectivity index (χ3v) is 14.7. The van der Waals surface area contributed by atoms with Crippen LogP contribution in [0.25, 0.3) is 0 Å². The summed E-state index contributed by atoms with van der Waals surface area (Å²) >= 11 is 0. The number of likely N-dealkylation sites (N-methyl/N-ethyl adjacent to an activating group) is 2. The van der Waals surface area contributed by atoms with Crippen molar-refractivity contribution in [3.05, 3.63) is 23.8 Å². The topological polar surface area (TPSA) is 263 Å². The number of unbranched alkanes of at least 4 members (excludes halogenated alkanes) is 2. The third kappa shape index (κ3) is 72.3. The van der Waals surface area contributed by atoms with Gasteiger partial charge in [0, 0.05) is 53.2 Å². The zero-order valence-electron chi connectivity index (χ0n) is 66.6. The lowest BCUT2D eigenvalue weighted by Gasteiger charge is -2.24. The predicted octanol–water partition coefficient (Wildman–Crippen LogP) is 8.83. The fraction of sp³-hybridized carbons (Fsp3) is 0.822. The lowest BCUT2D eigenvalue weighted by molar-refractivity contribution is -0.152. The van der Waals surface area contributed by atoms with Crippen LogP contribution in [0.5, 0.6) is 11.5 Å². The number of aliphatic hydroxyl groups is 1. The SMILES string of the molecule is CCC(CC(=O)OC)C(=O)OC.CCC(CCC(=O)OC)C(=O)OC.CCCC(=O)CCCN(C)C.CCCCN(CCCN(C)C)CCCN(C)C.CCc1cc(OC)cc(OC)c1.CNCCCCC(NC)C(C)=O.COCC(C)(COC)C(C)=O.COCC(O)CN(C)C. The summed E-state index contributed by atoms with van der Waals surface area (Å²) in [4.78, 5) is 87.8. The van der Waals surface area contributed by atoms with Crippen LogP contribution < -0.4 is 20.1 Å².